The molecule has 0 aliphatic carbocycles. The molecule has 1 aromatic heterocycles. The Morgan fingerprint density at radius 2 is 2.10 bits per heavy atom. The van der Waals surface area contributed by atoms with Gasteiger partial charge >= 0.3 is 0 Å². The number of alkyl halides is 1. The highest BCUT2D eigenvalue weighted by molar-refractivity contribution is 9.08. The second kappa shape index (κ2) is 5.01. The average molecular weight is 338 g/mol. The lowest BCUT2D eigenvalue weighted by Crippen LogP contribution is -2.42. The second-order valence-electron chi connectivity index (χ2n) is 4.84. The molecule has 20 heavy (non-hydrogen) atoms. The molecule has 0 saturated heterocycles. The Hall–Kier alpha value is -1.69. The third-order valence-corrected chi connectivity index (χ3v) is 3.96. The van der Waals surface area contributed by atoms with E-state index in [1.54, 1.807) is 27.8 Å². The van der Waals surface area contributed by atoms with E-state index in [1.165, 1.54) is 12.1 Å². The number of hydrogen-bond acceptors (Lipinski definition) is 2. The maximum Gasteiger partial charge on any atom is 0.276 e. The monoisotopic (exact) mass is 337 g/mol. The molecule has 104 valence electrons. The van der Waals surface area contributed by atoms with Gasteiger partial charge in [-0.2, -0.15) is 5.10 Å². The highest BCUT2D eigenvalue weighted by Gasteiger charge is 2.31. The van der Waals surface area contributed by atoms with Crippen LogP contribution in [0.2, 0.25) is 0 Å². The number of benzene rings is 1. The molecule has 0 N–H and O–H groups in total. The molecular formula is C14H13BrFN3O. The van der Waals surface area contributed by atoms with Crippen molar-refractivity contribution in [2.24, 2.45) is 0 Å². The molecule has 0 spiro atoms. The summed E-state index contributed by atoms with van der Waals surface area (Å²) in [6.45, 7) is 2.54. The van der Waals surface area contributed by atoms with Gasteiger partial charge in [-0.3, -0.25) is 9.48 Å². The molecule has 0 radical (unpaired) electrons. The lowest BCUT2D eigenvalue weighted by Gasteiger charge is -2.31. The van der Waals surface area contributed by atoms with Crippen LogP contribution in [0, 0.1) is 5.82 Å². The Kier molecular flexibility index (Phi) is 3.33. The summed E-state index contributed by atoms with van der Waals surface area (Å²) in [4.78, 5) is 14.2. The highest BCUT2D eigenvalue weighted by atomic mass is 79.9. The van der Waals surface area contributed by atoms with Crippen LogP contribution in [0.5, 0.6) is 0 Å². The van der Waals surface area contributed by atoms with Crippen LogP contribution in [0.15, 0.2) is 30.3 Å². The lowest BCUT2D eigenvalue weighted by molar-refractivity contribution is 0.0953. The largest absolute Gasteiger partial charge is 0.305 e. The van der Waals surface area contributed by atoms with Crippen LogP contribution < -0.4 is 4.90 Å². The van der Waals surface area contributed by atoms with Gasteiger partial charge in [0.05, 0.1) is 11.7 Å². The predicted molar refractivity (Wildman–Crippen MR) is 77.6 cm³/mol. The molecule has 0 saturated carbocycles. The summed E-state index contributed by atoms with van der Waals surface area (Å²) in [5.74, 6) is -0.410. The molecule has 2 heterocycles. The van der Waals surface area contributed by atoms with Gasteiger partial charge in [0.25, 0.3) is 5.91 Å². The fraction of sp³-hybridized carbons (Fsp3) is 0.286. The number of halogens is 2. The fourth-order valence-electron chi connectivity index (χ4n) is 2.41. The number of aromatic nitrogens is 2. The van der Waals surface area contributed by atoms with E-state index in [1.807, 2.05) is 6.92 Å². The van der Waals surface area contributed by atoms with Crippen LogP contribution in [-0.4, -0.2) is 22.2 Å². The maximum absolute atomic E-state index is 13.0. The third kappa shape index (κ3) is 2.14. The first kappa shape index (κ1) is 13.3. The zero-order valence-electron chi connectivity index (χ0n) is 10.9. The molecule has 4 nitrogen and oxygen atoms in total. The summed E-state index contributed by atoms with van der Waals surface area (Å²) in [5, 5.41) is 5.02. The summed E-state index contributed by atoms with van der Waals surface area (Å²) in [6.07, 6.45) is 0. The third-order valence-electron chi connectivity index (χ3n) is 3.39. The number of hydrogen-bond donors (Lipinski definition) is 0. The van der Waals surface area contributed by atoms with Crippen LogP contribution in [0.4, 0.5) is 10.1 Å². The Labute approximate surface area is 124 Å². The first-order valence-corrected chi connectivity index (χ1v) is 7.44. The number of rotatable bonds is 2. The summed E-state index contributed by atoms with van der Waals surface area (Å²) in [6, 6.07) is 7.85. The summed E-state index contributed by atoms with van der Waals surface area (Å²) < 4.78 is 14.8. The van der Waals surface area contributed by atoms with Gasteiger partial charge in [-0.25, -0.2) is 4.39 Å². The number of carbonyl (C=O) groups excluding carboxylic acids is 1. The van der Waals surface area contributed by atoms with E-state index in [0.717, 1.165) is 5.69 Å². The van der Waals surface area contributed by atoms with Gasteiger partial charge in [0, 0.05) is 17.6 Å². The van der Waals surface area contributed by atoms with Crippen LogP contribution >= 0.6 is 15.9 Å². The van der Waals surface area contributed by atoms with Gasteiger partial charge in [-0.1, -0.05) is 15.9 Å². The van der Waals surface area contributed by atoms with Crippen molar-refractivity contribution in [1.82, 2.24) is 9.78 Å². The van der Waals surface area contributed by atoms with E-state index in [4.69, 9.17) is 0 Å². The van der Waals surface area contributed by atoms with Crippen molar-refractivity contribution in [2.45, 2.75) is 18.3 Å². The molecule has 3 rings (SSSR count). The molecule has 1 amide bonds. The summed E-state index contributed by atoms with van der Waals surface area (Å²) >= 11 is 3.35. The molecule has 1 aliphatic heterocycles. The Morgan fingerprint density at radius 1 is 1.40 bits per heavy atom. The van der Waals surface area contributed by atoms with Gasteiger partial charge in [0.2, 0.25) is 0 Å². The minimum atomic E-state index is -0.308. The Morgan fingerprint density at radius 3 is 2.75 bits per heavy atom. The molecule has 0 bridgehead atoms. The Bertz CT molecular complexity index is 653. The van der Waals surface area contributed by atoms with E-state index in [2.05, 4.69) is 21.0 Å². The lowest BCUT2D eigenvalue weighted by atomic mass is 10.1. The van der Waals surface area contributed by atoms with Crippen molar-refractivity contribution in [3.63, 3.8) is 0 Å². The number of carbonyl (C=O) groups is 1. The van der Waals surface area contributed by atoms with Crippen molar-refractivity contribution in [3.05, 3.63) is 47.5 Å². The zero-order valence-corrected chi connectivity index (χ0v) is 12.5. The zero-order chi connectivity index (χ0) is 14.3. The minimum Gasteiger partial charge on any atom is -0.305 e. The highest BCUT2D eigenvalue weighted by Crippen LogP contribution is 2.27. The summed E-state index contributed by atoms with van der Waals surface area (Å²) in [5.41, 5.74) is 2.11. The number of amides is 1. The van der Waals surface area contributed by atoms with Crippen molar-refractivity contribution >= 4 is 27.5 Å². The van der Waals surface area contributed by atoms with Gasteiger partial charge in [0.1, 0.15) is 11.5 Å². The van der Waals surface area contributed by atoms with E-state index in [-0.39, 0.29) is 17.8 Å². The first-order valence-electron chi connectivity index (χ1n) is 6.32. The fourth-order valence-corrected chi connectivity index (χ4v) is 2.69. The van der Waals surface area contributed by atoms with E-state index < -0.39 is 0 Å². The van der Waals surface area contributed by atoms with Gasteiger partial charge in [-0.15, -0.1) is 0 Å². The second-order valence-corrected chi connectivity index (χ2v) is 5.40. The van der Waals surface area contributed by atoms with Crippen molar-refractivity contribution in [3.8, 4) is 0 Å². The first-order chi connectivity index (χ1) is 9.60. The van der Waals surface area contributed by atoms with E-state index >= 15 is 0 Å². The topological polar surface area (TPSA) is 38.1 Å². The molecular weight excluding hydrogens is 325 g/mol. The minimum absolute atomic E-state index is 0.0838. The predicted octanol–water partition coefficient (Wildman–Crippen LogP) is 3.14. The normalized spacial score (nSPS) is 18.2. The van der Waals surface area contributed by atoms with Crippen LogP contribution in [0.3, 0.4) is 0 Å². The molecule has 2 aromatic rings. The van der Waals surface area contributed by atoms with Gasteiger partial charge < -0.3 is 4.90 Å². The average Bonchev–Trinajstić information content (AvgIpc) is 2.89. The molecule has 1 atom stereocenters. The molecule has 1 aromatic carbocycles. The van der Waals surface area contributed by atoms with E-state index in [9.17, 15) is 9.18 Å². The molecule has 6 heteroatoms. The van der Waals surface area contributed by atoms with Gasteiger partial charge in [-0.05, 0) is 37.3 Å². The van der Waals surface area contributed by atoms with Gasteiger partial charge in [0.15, 0.2) is 0 Å². The van der Waals surface area contributed by atoms with Crippen LogP contribution in [-0.2, 0) is 5.33 Å². The number of anilines is 1. The molecule has 1 aliphatic rings. The molecule has 1 unspecified atom stereocenters. The van der Waals surface area contributed by atoms with Crippen molar-refractivity contribution < 1.29 is 9.18 Å². The Balaban J connectivity index is 2.00. The smallest absolute Gasteiger partial charge is 0.276 e. The molecule has 0 fully saturated rings. The van der Waals surface area contributed by atoms with Crippen molar-refractivity contribution in [1.29, 1.82) is 0 Å². The maximum atomic E-state index is 13.0. The SMILES string of the molecule is CC1CN(c2ccc(F)cc2)C(=O)c2cc(CBr)nn21. The van der Waals surface area contributed by atoms with Crippen LogP contribution in [0.25, 0.3) is 0 Å². The quantitative estimate of drug-likeness (QED) is 0.789. The van der Waals surface area contributed by atoms with Crippen LogP contribution in [0.1, 0.15) is 29.1 Å². The van der Waals surface area contributed by atoms with Crippen molar-refractivity contribution in [2.75, 3.05) is 11.4 Å². The number of fused-ring (bicyclic) bond motifs is 1. The standard InChI is InChI=1S/C14H13BrFN3O/c1-9-8-18(12-4-2-10(16)3-5-12)14(20)13-6-11(7-15)17-19(9)13/h2-6,9H,7-8H2,1H3. The van der Waals surface area contributed by atoms with E-state index in [0.29, 0.717) is 23.3 Å². The number of nitrogens with zero attached hydrogens (tertiary/aromatic N) is 3. The summed E-state index contributed by atoms with van der Waals surface area (Å²) in [7, 11) is 0.